The molecule has 0 bridgehead atoms. The summed E-state index contributed by atoms with van der Waals surface area (Å²) in [6, 6.07) is 0.499. The highest BCUT2D eigenvalue weighted by Crippen LogP contribution is 2.26. The average molecular weight is 220 g/mol. The van der Waals surface area contributed by atoms with Gasteiger partial charge in [0.2, 0.25) is 5.82 Å². The molecule has 0 aliphatic carbocycles. The van der Waals surface area contributed by atoms with Crippen LogP contribution in [0.15, 0.2) is 6.07 Å². The van der Waals surface area contributed by atoms with Gasteiger partial charge in [-0.3, -0.25) is 10.2 Å². The second-order valence-electron chi connectivity index (χ2n) is 2.54. The number of rotatable bonds is 2. The second-order valence-corrected chi connectivity index (χ2v) is 2.54. The molecule has 0 spiro atoms. The summed E-state index contributed by atoms with van der Waals surface area (Å²) in [6.45, 7) is 0. The van der Waals surface area contributed by atoms with Gasteiger partial charge in [0, 0.05) is 0 Å². The van der Waals surface area contributed by atoms with Gasteiger partial charge in [-0.2, -0.15) is 4.39 Å². The number of hydrazine groups is 1. The summed E-state index contributed by atoms with van der Waals surface area (Å²) < 4.78 is 43.5. The number of hydrogen-bond donors (Lipinski definition) is 2. The number of carbonyl (C=O) groups excluding carboxylic acids is 1. The lowest BCUT2D eigenvalue weighted by molar-refractivity contribution is 0.0947. The van der Waals surface area contributed by atoms with Gasteiger partial charge in [-0.05, 0) is 6.07 Å². The summed E-state index contributed by atoms with van der Waals surface area (Å²) in [6.07, 6.45) is 0. The number of nitrogens with one attached hydrogen (secondary N) is 1. The van der Waals surface area contributed by atoms with Gasteiger partial charge in [0.25, 0.3) is 5.91 Å². The summed E-state index contributed by atoms with van der Waals surface area (Å²) in [7, 11) is 0.976. The molecule has 0 saturated heterocycles. The van der Waals surface area contributed by atoms with E-state index in [0.717, 1.165) is 7.11 Å². The Balaban J connectivity index is 3.40. The SMILES string of the molecule is COc1c(F)cc(C(=O)NN)c(F)c1F. The highest BCUT2D eigenvalue weighted by atomic mass is 19.2. The van der Waals surface area contributed by atoms with E-state index in [0.29, 0.717) is 6.07 Å². The highest BCUT2D eigenvalue weighted by Gasteiger charge is 2.22. The quantitative estimate of drug-likeness (QED) is 0.334. The molecule has 0 unspecified atom stereocenters. The van der Waals surface area contributed by atoms with Crippen molar-refractivity contribution in [3.05, 3.63) is 29.1 Å². The Hall–Kier alpha value is -1.76. The minimum Gasteiger partial charge on any atom is -0.491 e. The van der Waals surface area contributed by atoms with Gasteiger partial charge >= 0.3 is 0 Å². The van der Waals surface area contributed by atoms with Crippen molar-refractivity contribution in [2.75, 3.05) is 7.11 Å². The molecule has 0 radical (unpaired) electrons. The van der Waals surface area contributed by atoms with E-state index in [-0.39, 0.29) is 0 Å². The molecule has 82 valence electrons. The summed E-state index contributed by atoms with van der Waals surface area (Å²) in [5.74, 6) is -1.59. The minimum absolute atomic E-state index is 0.499. The molecule has 0 heterocycles. The Labute approximate surface area is 82.8 Å². The van der Waals surface area contributed by atoms with E-state index < -0.39 is 34.7 Å². The third-order valence-electron chi connectivity index (χ3n) is 1.70. The highest BCUT2D eigenvalue weighted by molar-refractivity contribution is 5.94. The number of hydrogen-bond acceptors (Lipinski definition) is 3. The van der Waals surface area contributed by atoms with Crippen LogP contribution >= 0.6 is 0 Å². The maximum absolute atomic E-state index is 13.1. The van der Waals surface area contributed by atoms with Crippen molar-refractivity contribution in [3.8, 4) is 5.75 Å². The van der Waals surface area contributed by atoms with Gasteiger partial charge in [0.15, 0.2) is 17.4 Å². The molecule has 0 aromatic heterocycles. The van der Waals surface area contributed by atoms with E-state index in [1.165, 1.54) is 0 Å². The fraction of sp³-hybridized carbons (Fsp3) is 0.125. The van der Waals surface area contributed by atoms with Crippen LogP contribution in [-0.2, 0) is 0 Å². The number of nitrogen functional groups attached to an aromatic ring is 1. The molecule has 1 rings (SSSR count). The van der Waals surface area contributed by atoms with Gasteiger partial charge < -0.3 is 4.74 Å². The topological polar surface area (TPSA) is 64.3 Å². The number of ether oxygens (including phenoxy) is 1. The van der Waals surface area contributed by atoms with Crippen LogP contribution in [0.1, 0.15) is 10.4 Å². The maximum Gasteiger partial charge on any atom is 0.268 e. The molecule has 3 N–H and O–H groups in total. The smallest absolute Gasteiger partial charge is 0.268 e. The normalized spacial score (nSPS) is 9.93. The summed E-state index contributed by atoms with van der Waals surface area (Å²) in [5.41, 5.74) is 0.735. The third kappa shape index (κ3) is 1.86. The van der Waals surface area contributed by atoms with Crippen molar-refractivity contribution < 1.29 is 22.7 Å². The number of benzene rings is 1. The molecular formula is C8H7F3N2O2. The zero-order valence-electron chi connectivity index (χ0n) is 7.61. The van der Waals surface area contributed by atoms with E-state index in [1.54, 1.807) is 5.43 Å². The predicted octanol–water partition coefficient (Wildman–Crippen LogP) is 0.716. The van der Waals surface area contributed by atoms with Crippen molar-refractivity contribution in [1.82, 2.24) is 5.43 Å². The van der Waals surface area contributed by atoms with Crippen LogP contribution in [0, 0.1) is 17.5 Å². The van der Waals surface area contributed by atoms with Gasteiger partial charge in [0.05, 0.1) is 12.7 Å². The van der Waals surface area contributed by atoms with Crippen molar-refractivity contribution in [2.24, 2.45) is 5.84 Å². The lowest BCUT2D eigenvalue weighted by Crippen LogP contribution is -2.31. The van der Waals surface area contributed by atoms with Crippen molar-refractivity contribution >= 4 is 5.91 Å². The Kier molecular flexibility index (Phi) is 3.15. The molecule has 0 atom stereocenters. The standard InChI is InChI=1S/C8H7F3N2O2/c1-15-7-4(9)2-3(8(14)13-12)5(10)6(7)11/h2H,12H2,1H3,(H,13,14). The van der Waals surface area contributed by atoms with E-state index in [1.807, 2.05) is 0 Å². The molecule has 0 aliphatic heterocycles. The monoisotopic (exact) mass is 220 g/mol. The molecule has 4 nitrogen and oxygen atoms in total. The number of nitrogens with two attached hydrogens (primary N) is 1. The first kappa shape index (κ1) is 11.3. The molecule has 1 amide bonds. The van der Waals surface area contributed by atoms with Crippen LogP contribution < -0.4 is 16.0 Å². The molecular weight excluding hydrogens is 213 g/mol. The van der Waals surface area contributed by atoms with E-state index in [2.05, 4.69) is 4.74 Å². The molecule has 0 aliphatic rings. The van der Waals surface area contributed by atoms with Gasteiger partial charge in [0.1, 0.15) is 0 Å². The number of amides is 1. The zero-order chi connectivity index (χ0) is 11.6. The molecule has 1 aromatic rings. The summed E-state index contributed by atoms with van der Waals surface area (Å²) in [4.78, 5) is 10.9. The Morgan fingerprint density at radius 3 is 2.47 bits per heavy atom. The largest absolute Gasteiger partial charge is 0.491 e. The molecule has 15 heavy (non-hydrogen) atoms. The van der Waals surface area contributed by atoms with Crippen LogP contribution in [0.5, 0.6) is 5.75 Å². The van der Waals surface area contributed by atoms with Gasteiger partial charge in [-0.1, -0.05) is 0 Å². The third-order valence-corrected chi connectivity index (χ3v) is 1.70. The fourth-order valence-corrected chi connectivity index (χ4v) is 1.01. The van der Waals surface area contributed by atoms with E-state index in [9.17, 15) is 18.0 Å². The van der Waals surface area contributed by atoms with Crippen LogP contribution in [0.2, 0.25) is 0 Å². The zero-order valence-corrected chi connectivity index (χ0v) is 7.61. The van der Waals surface area contributed by atoms with E-state index >= 15 is 0 Å². The van der Waals surface area contributed by atoms with Crippen molar-refractivity contribution in [2.45, 2.75) is 0 Å². The fourth-order valence-electron chi connectivity index (χ4n) is 1.01. The van der Waals surface area contributed by atoms with Gasteiger partial charge in [-0.15, -0.1) is 0 Å². The van der Waals surface area contributed by atoms with Gasteiger partial charge in [-0.25, -0.2) is 14.6 Å². The van der Waals surface area contributed by atoms with E-state index in [4.69, 9.17) is 5.84 Å². The van der Waals surface area contributed by atoms with Crippen LogP contribution in [-0.4, -0.2) is 13.0 Å². The molecule has 0 fully saturated rings. The Morgan fingerprint density at radius 1 is 1.40 bits per heavy atom. The lowest BCUT2D eigenvalue weighted by Gasteiger charge is -2.07. The first-order valence-corrected chi connectivity index (χ1v) is 3.75. The second kappa shape index (κ2) is 4.18. The van der Waals surface area contributed by atoms with Crippen LogP contribution in [0.4, 0.5) is 13.2 Å². The molecule has 0 saturated carbocycles. The number of carbonyl (C=O) groups is 1. The maximum atomic E-state index is 13.1. The minimum atomic E-state index is -1.57. The first-order chi connectivity index (χ1) is 7.02. The molecule has 1 aromatic carbocycles. The predicted molar refractivity (Wildman–Crippen MR) is 44.5 cm³/mol. The first-order valence-electron chi connectivity index (χ1n) is 3.75. The average Bonchev–Trinajstić information content (AvgIpc) is 2.23. The Morgan fingerprint density at radius 2 is 2.00 bits per heavy atom. The van der Waals surface area contributed by atoms with Crippen molar-refractivity contribution in [1.29, 1.82) is 0 Å². The Bertz CT molecular complexity index is 409. The molecule has 7 heteroatoms. The lowest BCUT2D eigenvalue weighted by atomic mass is 10.1. The van der Waals surface area contributed by atoms with Crippen LogP contribution in [0.3, 0.4) is 0 Å². The summed E-state index contributed by atoms with van der Waals surface area (Å²) in [5, 5.41) is 0. The van der Waals surface area contributed by atoms with Crippen LogP contribution in [0.25, 0.3) is 0 Å². The number of halogens is 3. The number of methoxy groups -OCH3 is 1. The van der Waals surface area contributed by atoms with Crippen molar-refractivity contribution in [3.63, 3.8) is 0 Å². The summed E-state index contributed by atoms with van der Waals surface area (Å²) >= 11 is 0.